The van der Waals surface area contributed by atoms with E-state index in [1.54, 1.807) is 31.9 Å². The lowest BCUT2D eigenvalue weighted by molar-refractivity contribution is -0.384. The Morgan fingerprint density at radius 1 is 1.29 bits per heavy atom. The van der Waals surface area contributed by atoms with E-state index in [1.807, 2.05) is 0 Å². The molecule has 11 nitrogen and oxygen atoms in total. The average molecular weight is 489 g/mol. The van der Waals surface area contributed by atoms with Crippen LogP contribution in [0.25, 0.3) is 0 Å². The van der Waals surface area contributed by atoms with Crippen LogP contribution < -0.4 is 11.1 Å². The number of nitrogens with one attached hydrogen (secondary N) is 1. The Morgan fingerprint density at radius 2 is 1.94 bits per heavy atom. The summed E-state index contributed by atoms with van der Waals surface area (Å²) in [4.78, 5) is 49.4. The van der Waals surface area contributed by atoms with E-state index in [1.165, 1.54) is 18.2 Å². The van der Waals surface area contributed by atoms with Gasteiger partial charge in [0.1, 0.15) is 0 Å². The lowest BCUT2D eigenvalue weighted by Gasteiger charge is -2.48. The summed E-state index contributed by atoms with van der Waals surface area (Å²) < 4.78 is 0. The van der Waals surface area contributed by atoms with E-state index in [9.17, 15) is 34.7 Å². The molecule has 1 aromatic rings. The first kappa shape index (κ1) is 26.1. The number of primary amides is 1. The molecule has 1 amide bonds. The molecule has 1 aliphatic carbocycles. The molecule has 0 saturated heterocycles. The third-order valence-corrected chi connectivity index (χ3v) is 7.53. The zero-order chi connectivity index (χ0) is 26.1. The summed E-state index contributed by atoms with van der Waals surface area (Å²) in [7, 11) is 1.76. The van der Waals surface area contributed by atoms with E-state index < -0.39 is 40.1 Å². The maximum atomic E-state index is 13.1. The van der Waals surface area contributed by atoms with Crippen LogP contribution in [-0.4, -0.2) is 64.1 Å². The highest BCUT2D eigenvalue weighted by Crippen LogP contribution is 2.62. The SMILES string of the molecule is CC1=C(C(=O)O)C(c2cccc([N+](=O)[O-])c2)C(CC2(CCN(C)CC(N)=O)CC2)(C(=O)O)C(C)N1. The maximum absolute atomic E-state index is 13.1. The predicted octanol–water partition coefficient (Wildman–Crippen LogP) is 2.08. The van der Waals surface area contributed by atoms with Crippen molar-refractivity contribution in [1.29, 1.82) is 0 Å². The molecule has 35 heavy (non-hydrogen) atoms. The number of nitrogens with zero attached hydrogens (tertiary/aromatic N) is 2. The number of amides is 1. The van der Waals surface area contributed by atoms with Crippen molar-refractivity contribution in [3.8, 4) is 0 Å². The lowest BCUT2D eigenvalue weighted by Crippen LogP contribution is -2.57. The fraction of sp³-hybridized carbons (Fsp3) is 0.542. The Kier molecular flexibility index (Phi) is 7.21. The minimum absolute atomic E-state index is 0.0829. The zero-order valence-electron chi connectivity index (χ0n) is 20.1. The van der Waals surface area contributed by atoms with Crippen LogP contribution >= 0.6 is 0 Å². The van der Waals surface area contributed by atoms with Crippen LogP contribution in [0.4, 0.5) is 5.69 Å². The van der Waals surface area contributed by atoms with Gasteiger partial charge in [-0.3, -0.25) is 24.6 Å². The molecular formula is C24H32N4O7. The number of carboxylic acids is 2. The van der Waals surface area contributed by atoms with Crippen molar-refractivity contribution in [3.63, 3.8) is 0 Å². The summed E-state index contributed by atoms with van der Waals surface area (Å²) in [6, 6.07) is 4.94. The molecule has 3 atom stereocenters. The van der Waals surface area contributed by atoms with Crippen LogP contribution in [0.2, 0.25) is 0 Å². The molecule has 1 fully saturated rings. The van der Waals surface area contributed by atoms with Crippen molar-refractivity contribution in [2.24, 2.45) is 16.6 Å². The molecule has 190 valence electrons. The van der Waals surface area contributed by atoms with Crippen molar-refractivity contribution in [3.05, 3.63) is 51.2 Å². The fourth-order valence-electron chi connectivity index (χ4n) is 5.55. The van der Waals surface area contributed by atoms with E-state index in [0.29, 0.717) is 18.7 Å². The summed E-state index contributed by atoms with van der Waals surface area (Å²) in [5.41, 5.74) is 3.64. The standard InChI is InChI=1S/C24H32N4O7/c1-14-19(21(30)31)20(16-5-4-6-17(11-16)28(34)35)24(22(32)33,15(2)26-14)13-23(7-8-23)9-10-27(3)12-18(25)29/h4-6,11,15,20,26H,7-10,12-13H2,1-3H3,(H2,25,29)(H,30,31)(H,32,33). The van der Waals surface area contributed by atoms with Crippen LogP contribution in [0.1, 0.15) is 51.0 Å². The second-order valence-corrected chi connectivity index (χ2v) is 9.97. The van der Waals surface area contributed by atoms with Crippen LogP contribution in [0.5, 0.6) is 0 Å². The molecular weight excluding hydrogens is 456 g/mol. The Hall–Kier alpha value is -3.47. The van der Waals surface area contributed by atoms with Gasteiger partial charge in [0.15, 0.2) is 0 Å². The summed E-state index contributed by atoms with van der Waals surface area (Å²) in [5, 5.41) is 35.3. The Morgan fingerprint density at radius 3 is 2.46 bits per heavy atom. The van der Waals surface area contributed by atoms with Gasteiger partial charge in [-0.1, -0.05) is 12.1 Å². The summed E-state index contributed by atoms with van der Waals surface area (Å²) in [6.07, 6.45) is 2.34. The second kappa shape index (κ2) is 9.65. The third-order valence-electron chi connectivity index (χ3n) is 7.53. The highest BCUT2D eigenvalue weighted by atomic mass is 16.6. The molecule has 3 unspecified atom stereocenters. The number of carbonyl (C=O) groups is 3. The first-order valence-electron chi connectivity index (χ1n) is 11.5. The monoisotopic (exact) mass is 488 g/mol. The number of allylic oxidation sites excluding steroid dienone is 1. The number of carbonyl (C=O) groups excluding carboxylic acids is 1. The van der Waals surface area contributed by atoms with Gasteiger partial charge in [0.2, 0.25) is 5.91 Å². The number of nitro benzene ring substituents is 1. The van der Waals surface area contributed by atoms with Gasteiger partial charge in [0.05, 0.1) is 22.5 Å². The molecule has 2 aliphatic rings. The van der Waals surface area contributed by atoms with Crippen molar-refractivity contribution in [1.82, 2.24) is 10.2 Å². The van der Waals surface area contributed by atoms with Crippen molar-refractivity contribution >= 4 is 23.5 Å². The number of nitrogens with two attached hydrogens (primary N) is 1. The number of carboxylic acid groups (broad SMARTS) is 2. The number of hydrogen-bond donors (Lipinski definition) is 4. The van der Waals surface area contributed by atoms with E-state index in [4.69, 9.17) is 5.73 Å². The number of nitro groups is 1. The number of likely N-dealkylation sites (N-methyl/N-ethyl adjacent to an activating group) is 1. The van der Waals surface area contributed by atoms with Gasteiger partial charge in [-0.05, 0) is 64.1 Å². The second-order valence-electron chi connectivity index (χ2n) is 9.97. The van der Waals surface area contributed by atoms with Crippen LogP contribution in [-0.2, 0) is 14.4 Å². The minimum Gasteiger partial charge on any atom is -0.481 e. The first-order valence-corrected chi connectivity index (χ1v) is 11.5. The Balaban J connectivity index is 2.10. The molecule has 0 radical (unpaired) electrons. The largest absolute Gasteiger partial charge is 0.481 e. The highest BCUT2D eigenvalue weighted by Gasteiger charge is 2.61. The predicted molar refractivity (Wildman–Crippen MR) is 126 cm³/mol. The van der Waals surface area contributed by atoms with Crippen molar-refractivity contribution in [2.75, 3.05) is 20.1 Å². The normalized spacial score (nSPS) is 25.1. The van der Waals surface area contributed by atoms with Crippen molar-refractivity contribution in [2.45, 2.75) is 51.5 Å². The Bertz CT molecular complexity index is 1080. The highest BCUT2D eigenvalue weighted by molar-refractivity contribution is 5.93. The fourth-order valence-corrected chi connectivity index (χ4v) is 5.55. The quantitative estimate of drug-likeness (QED) is 0.268. The number of rotatable bonds is 11. The molecule has 0 spiro atoms. The lowest BCUT2D eigenvalue weighted by atomic mass is 9.58. The molecule has 1 heterocycles. The third kappa shape index (κ3) is 5.14. The maximum Gasteiger partial charge on any atom is 0.333 e. The number of benzene rings is 1. The average Bonchev–Trinajstić information content (AvgIpc) is 3.52. The number of aliphatic carboxylic acids is 2. The van der Waals surface area contributed by atoms with Crippen molar-refractivity contribution < 1.29 is 29.5 Å². The molecule has 5 N–H and O–H groups in total. The summed E-state index contributed by atoms with van der Waals surface area (Å²) >= 11 is 0. The molecule has 11 heteroatoms. The minimum atomic E-state index is -1.57. The molecule has 1 saturated carbocycles. The topological polar surface area (TPSA) is 176 Å². The molecule has 0 bridgehead atoms. The van der Waals surface area contributed by atoms with E-state index >= 15 is 0 Å². The summed E-state index contributed by atoms with van der Waals surface area (Å²) in [5.74, 6) is -3.98. The van der Waals surface area contributed by atoms with E-state index in [-0.39, 0.29) is 35.2 Å². The summed E-state index contributed by atoms with van der Waals surface area (Å²) in [6.45, 7) is 3.92. The molecule has 3 rings (SSSR count). The first-order chi connectivity index (χ1) is 16.3. The van der Waals surface area contributed by atoms with Crippen LogP contribution in [0.15, 0.2) is 35.5 Å². The smallest absolute Gasteiger partial charge is 0.333 e. The van der Waals surface area contributed by atoms with Crippen LogP contribution in [0.3, 0.4) is 0 Å². The van der Waals surface area contributed by atoms with Gasteiger partial charge in [-0.25, -0.2) is 4.79 Å². The van der Waals surface area contributed by atoms with E-state index in [2.05, 4.69) is 5.32 Å². The van der Waals surface area contributed by atoms with Gasteiger partial charge < -0.3 is 21.3 Å². The molecule has 0 aromatic heterocycles. The Labute approximate surface area is 203 Å². The van der Waals surface area contributed by atoms with Gasteiger partial charge >= 0.3 is 11.9 Å². The van der Waals surface area contributed by atoms with Gasteiger partial charge in [-0.15, -0.1) is 0 Å². The van der Waals surface area contributed by atoms with Crippen LogP contribution in [0, 0.1) is 20.9 Å². The van der Waals surface area contributed by atoms with Gasteiger partial charge in [0, 0.05) is 29.8 Å². The molecule has 1 aliphatic heterocycles. The molecule has 1 aromatic carbocycles. The van der Waals surface area contributed by atoms with Gasteiger partial charge in [0.25, 0.3) is 5.69 Å². The van der Waals surface area contributed by atoms with Gasteiger partial charge in [-0.2, -0.15) is 0 Å². The number of non-ortho nitro benzene ring substituents is 1. The van der Waals surface area contributed by atoms with E-state index in [0.717, 1.165) is 12.8 Å². The zero-order valence-corrected chi connectivity index (χ0v) is 20.1. The number of hydrogen-bond acceptors (Lipinski definition) is 7.